The lowest BCUT2D eigenvalue weighted by atomic mass is 9.96. The zero-order chi connectivity index (χ0) is 13.5. The summed E-state index contributed by atoms with van der Waals surface area (Å²) in [6, 6.07) is 5.18. The second-order valence-electron chi connectivity index (χ2n) is 4.57. The molecule has 0 aliphatic heterocycles. The van der Waals surface area contributed by atoms with Gasteiger partial charge in [0.25, 0.3) is 0 Å². The van der Waals surface area contributed by atoms with Crippen molar-refractivity contribution in [3.05, 3.63) is 35.1 Å². The molecule has 0 saturated heterocycles. The van der Waals surface area contributed by atoms with Crippen LogP contribution in [-0.2, 0) is 11.2 Å². The van der Waals surface area contributed by atoms with E-state index in [9.17, 15) is 4.39 Å². The molecule has 2 nitrogen and oxygen atoms in total. The van der Waals surface area contributed by atoms with E-state index in [-0.39, 0.29) is 18.0 Å². The van der Waals surface area contributed by atoms with Crippen molar-refractivity contribution in [2.75, 3.05) is 13.7 Å². The monoisotopic (exact) mass is 253 g/mol. The Morgan fingerprint density at radius 3 is 2.61 bits per heavy atom. The van der Waals surface area contributed by atoms with Gasteiger partial charge >= 0.3 is 0 Å². The van der Waals surface area contributed by atoms with Crippen molar-refractivity contribution >= 4 is 0 Å². The van der Waals surface area contributed by atoms with Crippen LogP contribution in [0.3, 0.4) is 0 Å². The van der Waals surface area contributed by atoms with Crippen LogP contribution in [0.4, 0.5) is 4.39 Å². The molecule has 0 heterocycles. The Morgan fingerprint density at radius 2 is 2.06 bits per heavy atom. The number of nitrogens with one attached hydrogen (secondary N) is 1. The molecule has 0 amide bonds. The van der Waals surface area contributed by atoms with Crippen molar-refractivity contribution < 1.29 is 9.13 Å². The molecular formula is C15H24FNO. The van der Waals surface area contributed by atoms with Crippen LogP contribution in [-0.4, -0.2) is 25.8 Å². The fourth-order valence-corrected chi connectivity index (χ4v) is 2.25. The van der Waals surface area contributed by atoms with Crippen molar-refractivity contribution in [2.24, 2.45) is 0 Å². The molecule has 1 N–H and O–H groups in total. The Morgan fingerprint density at radius 1 is 1.33 bits per heavy atom. The van der Waals surface area contributed by atoms with Crippen LogP contribution >= 0.6 is 0 Å². The maximum atomic E-state index is 13.3. The molecule has 0 saturated carbocycles. The van der Waals surface area contributed by atoms with E-state index < -0.39 is 0 Å². The van der Waals surface area contributed by atoms with Crippen LogP contribution in [0.15, 0.2) is 18.2 Å². The summed E-state index contributed by atoms with van der Waals surface area (Å²) >= 11 is 0. The minimum absolute atomic E-state index is 0.169. The number of rotatable bonds is 7. The highest BCUT2D eigenvalue weighted by molar-refractivity contribution is 5.27. The Bertz CT molecular complexity index is 368. The number of benzene rings is 1. The van der Waals surface area contributed by atoms with E-state index in [1.54, 1.807) is 6.07 Å². The van der Waals surface area contributed by atoms with Gasteiger partial charge in [-0.05, 0) is 57.0 Å². The van der Waals surface area contributed by atoms with Crippen LogP contribution in [0.2, 0.25) is 0 Å². The van der Waals surface area contributed by atoms with Crippen LogP contribution in [0, 0.1) is 12.7 Å². The Balaban J connectivity index is 2.81. The molecule has 1 rings (SSSR count). The van der Waals surface area contributed by atoms with Crippen LogP contribution < -0.4 is 5.32 Å². The SMILES string of the molecule is CCOC(CC)C(Cc1cc(F)ccc1C)NC. The van der Waals surface area contributed by atoms with E-state index in [1.165, 1.54) is 6.07 Å². The van der Waals surface area contributed by atoms with Gasteiger partial charge in [-0.3, -0.25) is 0 Å². The average Bonchev–Trinajstić information content (AvgIpc) is 2.37. The molecule has 0 bridgehead atoms. The number of ether oxygens (including phenoxy) is 1. The summed E-state index contributed by atoms with van der Waals surface area (Å²) in [5, 5.41) is 3.29. The topological polar surface area (TPSA) is 21.3 Å². The van der Waals surface area contributed by atoms with Gasteiger partial charge in [0.15, 0.2) is 0 Å². The zero-order valence-electron chi connectivity index (χ0n) is 11.8. The third-order valence-electron chi connectivity index (χ3n) is 3.35. The second kappa shape index (κ2) is 7.49. The third kappa shape index (κ3) is 4.07. The second-order valence-corrected chi connectivity index (χ2v) is 4.57. The van der Waals surface area contributed by atoms with Gasteiger partial charge in [-0.1, -0.05) is 13.0 Å². The van der Waals surface area contributed by atoms with Crippen molar-refractivity contribution in [3.63, 3.8) is 0 Å². The van der Waals surface area contributed by atoms with Crippen molar-refractivity contribution in [3.8, 4) is 0 Å². The van der Waals surface area contributed by atoms with E-state index in [2.05, 4.69) is 12.2 Å². The number of halogens is 1. The highest BCUT2D eigenvalue weighted by atomic mass is 19.1. The van der Waals surface area contributed by atoms with E-state index >= 15 is 0 Å². The fraction of sp³-hybridized carbons (Fsp3) is 0.600. The molecule has 1 aromatic rings. The Kier molecular flexibility index (Phi) is 6.30. The van der Waals surface area contributed by atoms with E-state index in [0.717, 1.165) is 24.0 Å². The predicted molar refractivity (Wildman–Crippen MR) is 73.4 cm³/mol. The van der Waals surface area contributed by atoms with Gasteiger partial charge in [0.2, 0.25) is 0 Å². The summed E-state index contributed by atoms with van der Waals surface area (Å²) in [6.07, 6.45) is 1.91. The first-order valence-electron chi connectivity index (χ1n) is 6.66. The average molecular weight is 253 g/mol. The molecule has 1 aromatic carbocycles. The van der Waals surface area contributed by atoms with Crippen LogP contribution in [0.25, 0.3) is 0 Å². The quantitative estimate of drug-likeness (QED) is 0.806. The molecule has 0 radical (unpaired) electrons. The maximum absolute atomic E-state index is 13.3. The van der Waals surface area contributed by atoms with E-state index in [0.29, 0.717) is 6.61 Å². The summed E-state index contributed by atoms with van der Waals surface area (Å²) in [7, 11) is 1.93. The molecule has 102 valence electrons. The smallest absolute Gasteiger partial charge is 0.123 e. The number of aryl methyl sites for hydroxylation is 1. The van der Waals surface area contributed by atoms with Crippen LogP contribution in [0.1, 0.15) is 31.4 Å². The summed E-state index contributed by atoms with van der Waals surface area (Å²) in [4.78, 5) is 0. The molecular weight excluding hydrogens is 229 g/mol. The van der Waals surface area contributed by atoms with Gasteiger partial charge in [0.1, 0.15) is 5.82 Å². The largest absolute Gasteiger partial charge is 0.377 e. The van der Waals surface area contributed by atoms with Gasteiger partial charge < -0.3 is 10.1 Å². The van der Waals surface area contributed by atoms with E-state index in [4.69, 9.17) is 4.74 Å². The number of hydrogen-bond acceptors (Lipinski definition) is 2. The highest BCUT2D eigenvalue weighted by Gasteiger charge is 2.19. The minimum atomic E-state index is -0.171. The number of hydrogen-bond donors (Lipinski definition) is 1. The molecule has 2 atom stereocenters. The van der Waals surface area contributed by atoms with Gasteiger partial charge in [-0.25, -0.2) is 4.39 Å². The lowest BCUT2D eigenvalue weighted by Crippen LogP contribution is -2.41. The third-order valence-corrected chi connectivity index (χ3v) is 3.35. The zero-order valence-corrected chi connectivity index (χ0v) is 11.8. The lowest BCUT2D eigenvalue weighted by molar-refractivity contribution is 0.0338. The lowest BCUT2D eigenvalue weighted by Gasteiger charge is -2.26. The fourth-order valence-electron chi connectivity index (χ4n) is 2.25. The van der Waals surface area contributed by atoms with Crippen LogP contribution in [0.5, 0.6) is 0 Å². The van der Waals surface area contributed by atoms with Gasteiger partial charge in [0, 0.05) is 12.6 Å². The first kappa shape index (κ1) is 15.1. The molecule has 0 aliphatic rings. The summed E-state index contributed by atoms with van der Waals surface area (Å²) in [5.74, 6) is -0.171. The summed E-state index contributed by atoms with van der Waals surface area (Å²) in [5.41, 5.74) is 2.18. The molecule has 3 heteroatoms. The molecule has 18 heavy (non-hydrogen) atoms. The standard InChI is InChI=1S/C15H24FNO/c1-5-15(18-6-2)14(17-4)10-12-9-13(16)8-7-11(12)3/h7-9,14-15,17H,5-6,10H2,1-4H3. The normalized spacial score (nSPS) is 14.5. The van der Waals surface area contributed by atoms with Crippen molar-refractivity contribution in [1.82, 2.24) is 5.32 Å². The van der Waals surface area contributed by atoms with Crippen molar-refractivity contribution in [2.45, 2.75) is 45.8 Å². The van der Waals surface area contributed by atoms with E-state index in [1.807, 2.05) is 27.0 Å². The van der Waals surface area contributed by atoms with Gasteiger partial charge in [-0.2, -0.15) is 0 Å². The first-order valence-corrected chi connectivity index (χ1v) is 6.66. The highest BCUT2D eigenvalue weighted by Crippen LogP contribution is 2.16. The molecule has 0 fully saturated rings. The summed E-state index contributed by atoms with van der Waals surface area (Å²) < 4.78 is 19.0. The van der Waals surface area contributed by atoms with Gasteiger partial charge in [-0.15, -0.1) is 0 Å². The van der Waals surface area contributed by atoms with Crippen molar-refractivity contribution in [1.29, 1.82) is 0 Å². The first-order chi connectivity index (χ1) is 8.62. The molecule has 0 aromatic heterocycles. The Hall–Kier alpha value is -0.930. The maximum Gasteiger partial charge on any atom is 0.123 e. The minimum Gasteiger partial charge on any atom is -0.377 e. The molecule has 0 spiro atoms. The molecule has 2 unspecified atom stereocenters. The molecule has 0 aliphatic carbocycles. The Labute approximate surface area is 110 Å². The summed E-state index contributed by atoms with van der Waals surface area (Å²) in [6.45, 7) is 6.84. The number of likely N-dealkylation sites (N-methyl/N-ethyl adjacent to an activating group) is 1. The van der Waals surface area contributed by atoms with Gasteiger partial charge in [0.05, 0.1) is 6.10 Å². The predicted octanol–water partition coefficient (Wildman–Crippen LogP) is 3.08.